The van der Waals surface area contributed by atoms with Crippen LogP contribution in [0.15, 0.2) is 47.4 Å². The van der Waals surface area contributed by atoms with Crippen molar-refractivity contribution in [1.29, 1.82) is 0 Å². The fraction of sp³-hybridized carbons (Fsp3) is 0.273. The number of halogens is 2. The molecule has 1 aliphatic heterocycles. The molecule has 30 heavy (non-hydrogen) atoms. The van der Waals surface area contributed by atoms with Gasteiger partial charge in [-0.2, -0.15) is 0 Å². The van der Waals surface area contributed by atoms with Crippen molar-refractivity contribution < 1.29 is 18.3 Å². The Bertz CT molecular complexity index is 1170. The van der Waals surface area contributed by atoms with Crippen LogP contribution in [0, 0.1) is 11.6 Å². The van der Waals surface area contributed by atoms with Crippen LogP contribution < -0.4 is 11.2 Å². The van der Waals surface area contributed by atoms with Crippen LogP contribution in [0.4, 0.5) is 8.78 Å². The fourth-order valence-electron chi connectivity index (χ4n) is 3.84. The highest BCUT2D eigenvalue weighted by Crippen LogP contribution is 2.24. The normalized spacial score (nSPS) is 17.4. The van der Waals surface area contributed by atoms with E-state index < -0.39 is 23.0 Å². The monoisotopic (exact) mass is 413 g/mol. The molecule has 2 heterocycles. The molecule has 1 unspecified atom stereocenters. The van der Waals surface area contributed by atoms with Gasteiger partial charge in [-0.3, -0.25) is 14.5 Å². The van der Waals surface area contributed by atoms with E-state index in [0.717, 1.165) is 0 Å². The lowest BCUT2D eigenvalue weighted by atomic mass is 10.1. The second-order valence-corrected chi connectivity index (χ2v) is 7.47. The molecule has 0 saturated carbocycles. The molecule has 2 aromatic carbocycles. The molecule has 0 bridgehead atoms. The molecular weight excluding hydrogens is 392 g/mol. The number of carbonyl (C=O) groups is 1. The molecule has 1 fully saturated rings. The molecule has 4 rings (SSSR count). The number of morpholine rings is 1. The number of fused-ring (bicyclic) bond motifs is 1. The van der Waals surface area contributed by atoms with E-state index in [1.807, 2.05) is 6.92 Å². The summed E-state index contributed by atoms with van der Waals surface area (Å²) in [5.41, 5.74) is 5.52. The Morgan fingerprint density at radius 2 is 1.97 bits per heavy atom. The second kappa shape index (κ2) is 7.97. The molecule has 0 aliphatic carbocycles. The third-order valence-corrected chi connectivity index (χ3v) is 5.21. The van der Waals surface area contributed by atoms with Gasteiger partial charge in [0.25, 0.3) is 5.91 Å². The SMILES string of the molecule is CC1CN(Cc2cc(F)c3c(c2)c(=O)c(C(N)=O)cn3-c2ccc(F)cc2)CCO1. The number of hydrogen-bond donors (Lipinski definition) is 1. The van der Waals surface area contributed by atoms with Gasteiger partial charge in [0.2, 0.25) is 5.43 Å². The average molecular weight is 413 g/mol. The van der Waals surface area contributed by atoms with Gasteiger partial charge in [-0.1, -0.05) is 0 Å². The number of nitrogens with two attached hydrogens (primary N) is 1. The number of primary amides is 1. The van der Waals surface area contributed by atoms with E-state index in [9.17, 15) is 14.0 Å². The molecule has 1 saturated heterocycles. The lowest BCUT2D eigenvalue weighted by Gasteiger charge is -2.31. The Morgan fingerprint density at radius 1 is 1.23 bits per heavy atom. The third-order valence-electron chi connectivity index (χ3n) is 5.21. The van der Waals surface area contributed by atoms with E-state index >= 15 is 4.39 Å². The van der Waals surface area contributed by atoms with Crippen molar-refractivity contribution in [1.82, 2.24) is 9.47 Å². The quantitative estimate of drug-likeness (QED) is 0.713. The highest BCUT2D eigenvalue weighted by molar-refractivity contribution is 5.96. The Kier molecular flexibility index (Phi) is 5.36. The van der Waals surface area contributed by atoms with Gasteiger partial charge in [0.1, 0.15) is 17.2 Å². The summed E-state index contributed by atoms with van der Waals surface area (Å²) in [4.78, 5) is 26.9. The number of carbonyl (C=O) groups excluding carboxylic acids is 1. The maximum absolute atomic E-state index is 15.2. The van der Waals surface area contributed by atoms with E-state index in [0.29, 0.717) is 37.5 Å². The number of ether oxygens (including phenoxy) is 1. The van der Waals surface area contributed by atoms with Gasteiger partial charge in [-0.25, -0.2) is 8.78 Å². The Hall–Kier alpha value is -3.10. The molecule has 1 aliphatic rings. The first-order valence-electron chi connectivity index (χ1n) is 9.61. The summed E-state index contributed by atoms with van der Waals surface area (Å²) in [5, 5.41) is 0.0481. The Morgan fingerprint density at radius 3 is 2.63 bits per heavy atom. The van der Waals surface area contributed by atoms with Gasteiger partial charge < -0.3 is 15.0 Å². The van der Waals surface area contributed by atoms with Crippen LogP contribution in [0.2, 0.25) is 0 Å². The maximum Gasteiger partial charge on any atom is 0.254 e. The highest BCUT2D eigenvalue weighted by Gasteiger charge is 2.20. The molecule has 3 aromatic rings. The molecule has 0 radical (unpaired) electrons. The van der Waals surface area contributed by atoms with Crippen molar-refractivity contribution in [3.8, 4) is 5.69 Å². The van der Waals surface area contributed by atoms with Crippen molar-refractivity contribution >= 4 is 16.8 Å². The van der Waals surface area contributed by atoms with Crippen molar-refractivity contribution in [3.63, 3.8) is 0 Å². The van der Waals surface area contributed by atoms with E-state index in [4.69, 9.17) is 10.5 Å². The Labute approximate surface area is 171 Å². The van der Waals surface area contributed by atoms with Crippen LogP contribution in [-0.4, -0.2) is 41.2 Å². The van der Waals surface area contributed by atoms with Gasteiger partial charge in [0, 0.05) is 31.5 Å². The number of rotatable bonds is 4. The Balaban J connectivity index is 1.88. The number of benzene rings is 2. The largest absolute Gasteiger partial charge is 0.376 e. The third kappa shape index (κ3) is 3.83. The van der Waals surface area contributed by atoms with E-state index in [-0.39, 0.29) is 22.6 Å². The van der Waals surface area contributed by atoms with Crippen LogP contribution in [-0.2, 0) is 11.3 Å². The summed E-state index contributed by atoms with van der Waals surface area (Å²) >= 11 is 0. The van der Waals surface area contributed by atoms with Gasteiger partial charge in [-0.15, -0.1) is 0 Å². The molecule has 1 atom stereocenters. The zero-order valence-electron chi connectivity index (χ0n) is 16.4. The minimum Gasteiger partial charge on any atom is -0.376 e. The first-order chi connectivity index (χ1) is 14.3. The second-order valence-electron chi connectivity index (χ2n) is 7.47. The van der Waals surface area contributed by atoms with E-state index in [2.05, 4.69) is 4.90 Å². The van der Waals surface area contributed by atoms with Gasteiger partial charge in [-0.05, 0) is 48.9 Å². The smallest absolute Gasteiger partial charge is 0.254 e. The lowest BCUT2D eigenvalue weighted by Crippen LogP contribution is -2.40. The summed E-state index contributed by atoms with van der Waals surface area (Å²) in [7, 11) is 0. The summed E-state index contributed by atoms with van der Waals surface area (Å²) < 4.78 is 35.5. The minimum atomic E-state index is -0.912. The first kappa shape index (κ1) is 20.2. The summed E-state index contributed by atoms with van der Waals surface area (Å²) in [5.74, 6) is -1.98. The zero-order chi connectivity index (χ0) is 21.4. The van der Waals surface area contributed by atoms with Crippen molar-refractivity contribution in [2.75, 3.05) is 19.7 Å². The predicted octanol–water partition coefficient (Wildman–Crippen LogP) is 2.59. The fourth-order valence-corrected chi connectivity index (χ4v) is 3.84. The first-order valence-corrected chi connectivity index (χ1v) is 9.61. The van der Waals surface area contributed by atoms with Gasteiger partial charge >= 0.3 is 0 Å². The number of hydrogen-bond acceptors (Lipinski definition) is 4. The molecule has 6 nitrogen and oxygen atoms in total. The topological polar surface area (TPSA) is 77.6 Å². The molecule has 2 N–H and O–H groups in total. The molecule has 8 heteroatoms. The number of aromatic nitrogens is 1. The number of pyridine rings is 1. The summed E-state index contributed by atoms with van der Waals surface area (Å²) in [6.45, 7) is 4.39. The van der Waals surface area contributed by atoms with Crippen LogP contribution in [0.3, 0.4) is 0 Å². The van der Waals surface area contributed by atoms with Crippen molar-refractivity contribution in [2.24, 2.45) is 5.73 Å². The minimum absolute atomic E-state index is 0.00991. The van der Waals surface area contributed by atoms with Crippen LogP contribution >= 0.6 is 0 Å². The van der Waals surface area contributed by atoms with Crippen LogP contribution in [0.25, 0.3) is 16.6 Å². The summed E-state index contributed by atoms with van der Waals surface area (Å²) in [6, 6.07) is 8.28. The molecule has 0 spiro atoms. The van der Waals surface area contributed by atoms with Crippen molar-refractivity contribution in [2.45, 2.75) is 19.6 Å². The number of nitrogens with zero attached hydrogens (tertiary/aromatic N) is 2. The maximum atomic E-state index is 15.2. The number of amides is 1. The van der Waals surface area contributed by atoms with Crippen LogP contribution in [0.1, 0.15) is 22.8 Å². The summed E-state index contributed by atoms with van der Waals surface area (Å²) in [6.07, 6.45) is 1.27. The zero-order valence-corrected chi connectivity index (χ0v) is 16.4. The lowest BCUT2D eigenvalue weighted by molar-refractivity contribution is -0.0212. The van der Waals surface area contributed by atoms with Crippen molar-refractivity contribution in [3.05, 3.63) is 75.6 Å². The molecule has 156 valence electrons. The van der Waals surface area contributed by atoms with Crippen LogP contribution in [0.5, 0.6) is 0 Å². The predicted molar refractivity (Wildman–Crippen MR) is 109 cm³/mol. The molecular formula is C22H21F2N3O3. The van der Waals surface area contributed by atoms with E-state index in [1.165, 1.54) is 41.1 Å². The standard InChI is InChI=1S/C22H21F2N3O3/c1-13-10-26(6-7-30-13)11-14-8-17-20(19(24)9-14)27(12-18(21(17)28)22(25)29)16-4-2-15(23)3-5-16/h2-5,8-9,12-13H,6-7,10-11H2,1H3,(H2,25,29). The van der Waals surface area contributed by atoms with E-state index in [1.54, 1.807) is 6.07 Å². The van der Waals surface area contributed by atoms with Gasteiger partial charge in [0.15, 0.2) is 0 Å². The highest BCUT2D eigenvalue weighted by atomic mass is 19.1. The molecule has 1 aromatic heterocycles. The molecule has 1 amide bonds. The average Bonchev–Trinajstić information content (AvgIpc) is 2.69. The van der Waals surface area contributed by atoms with Gasteiger partial charge in [0.05, 0.1) is 23.6 Å².